The van der Waals surface area contributed by atoms with Crippen molar-refractivity contribution in [1.82, 2.24) is 5.32 Å². The first-order chi connectivity index (χ1) is 10.4. The molecule has 0 spiro atoms. The summed E-state index contributed by atoms with van der Waals surface area (Å²) in [5.41, 5.74) is 2.17. The zero-order chi connectivity index (χ0) is 16.5. The van der Waals surface area contributed by atoms with Crippen LogP contribution in [0, 0.1) is 0 Å². The van der Waals surface area contributed by atoms with Crippen molar-refractivity contribution in [2.75, 3.05) is 6.54 Å². The van der Waals surface area contributed by atoms with Crippen molar-refractivity contribution in [1.29, 1.82) is 0 Å². The average molecular weight is 303 g/mol. The molecule has 0 saturated heterocycles. The molecular weight excluding hydrogens is 278 g/mol. The van der Waals surface area contributed by atoms with E-state index in [4.69, 9.17) is 4.74 Å². The van der Waals surface area contributed by atoms with Gasteiger partial charge in [0.15, 0.2) is 6.10 Å². The van der Waals surface area contributed by atoms with Crippen LogP contribution in [0.4, 0.5) is 0 Å². The molecule has 0 unspecified atom stereocenters. The first-order valence-electron chi connectivity index (χ1n) is 7.70. The minimum atomic E-state index is -0.785. The van der Waals surface area contributed by atoms with Crippen LogP contribution in [0.15, 0.2) is 30.3 Å². The van der Waals surface area contributed by atoms with Crippen LogP contribution in [0.5, 0.6) is 0 Å². The highest BCUT2D eigenvalue weighted by Gasteiger charge is 2.15. The van der Waals surface area contributed by atoms with Crippen molar-refractivity contribution in [2.24, 2.45) is 0 Å². The molecule has 0 fully saturated rings. The van der Waals surface area contributed by atoms with Crippen molar-refractivity contribution in [3.63, 3.8) is 0 Å². The summed E-state index contributed by atoms with van der Waals surface area (Å²) in [6, 6.07) is 7.99. The van der Waals surface area contributed by atoms with Crippen molar-refractivity contribution < 1.29 is 14.3 Å². The lowest BCUT2D eigenvalue weighted by molar-refractivity contribution is -0.150. The lowest BCUT2D eigenvalue weighted by Gasteiger charge is -2.11. The largest absolute Gasteiger partial charge is 0.449 e. The topological polar surface area (TPSA) is 55.4 Å². The highest BCUT2D eigenvalue weighted by molar-refractivity contribution is 5.90. The molecule has 4 nitrogen and oxygen atoms in total. The van der Waals surface area contributed by atoms with E-state index in [0.29, 0.717) is 12.5 Å². The van der Waals surface area contributed by atoms with Gasteiger partial charge >= 0.3 is 5.97 Å². The second-order valence-corrected chi connectivity index (χ2v) is 5.52. The molecule has 1 aromatic rings. The molecule has 0 saturated carbocycles. The standard InChI is InChI=1S/C18H25NO3/c1-5-12-19-18(21)14(4)22-17(20)11-8-15-6-9-16(10-7-15)13(2)3/h6-11,13-14H,5,12H2,1-4H3,(H,19,21)/b11-8+/t14-/m0/s1. The van der Waals surface area contributed by atoms with E-state index in [9.17, 15) is 9.59 Å². The monoisotopic (exact) mass is 303 g/mol. The second kappa shape index (κ2) is 9.03. The molecule has 0 aromatic heterocycles. The van der Waals surface area contributed by atoms with Gasteiger partial charge in [-0.3, -0.25) is 4.79 Å². The molecule has 1 amide bonds. The van der Waals surface area contributed by atoms with Crippen LogP contribution in [-0.4, -0.2) is 24.5 Å². The van der Waals surface area contributed by atoms with Crippen LogP contribution in [0.2, 0.25) is 0 Å². The van der Waals surface area contributed by atoms with Gasteiger partial charge in [0.2, 0.25) is 0 Å². The van der Waals surface area contributed by atoms with E-state index >= 15 is 0 Å². The van der Waals surface area contributed by atoms with Crippen LogP contribution in [0.25, 0.3) is 6.08 Å². The highest BCUT2D eigenvalue weighted by atomic mass is 16.5. The Morgan fingerprint density at radius 3 is 2.36 bits per heavy atom. The van der Waals surface area contributed by atoms with E-state index < -0.39 is 12.1 Å². The molecule has 4 heteroatoms. The number of benzene rings is 1. The van der Waals surface area contributed by atoms with Crippen LogP contribution < -0.4 is 5.32 Å². The van der Waals surface area contributed by atoms with E-state index in [0.717, 1.165) is 12.0 Å². The van der Waals surface area contributed by atoms with Gasteiger partial charge in [-0.25, -0.2) is 4.79 Å². The molecular formula is C18H25NO3. The zero-order valence-corrected chi connectivity index (χ0v) is 13.8. The molecule has 22 heavy (non-hydrogen) atoms. The van der Waals surface area contributed by atoms with Crippen LogP contribution in [-0.2, 0) is 14.3 Å². The van der Waals surface area contributed by atoms with Gasteiger partial charge in [-0.15, -0.1) is 0 Å². The Balaban J connectivity index is 2.51. The first-order valence-corrected chi connectivity index (χ1v) is 7.70. The summed E-state index contributed by atoms with van der Waals surface area (Å²) < 4.78 is 5.06. The average Bonchev–Trinajstić information content (AvgIpc) is 2.50. The third kappa shape index (κ3) is 6.12. The van der Waals surface area contributed by atoms with Gasteiger partial charge in [-0.1, -0.05) is 45.0 Å². The van der Waals surface area contributed by atoms with E-state index in [2.05, 4.69) is 19.2 Å². The smallest absolute Gasteiger partial charge is 0.331 e. The number of esters is 1. The maximum absolute atomic E-state index is 11.7. The number of amides is 1. The zero-order valence-electron chi connectivity index (χ0n) is 13.8. The molecule has 1 N–H and O–H groups in total. The first kappa shape index (κ1) is 18.0. The molecule has 0 aliphatic carbocycles. The fourth-order valence-corrected chi connectivity index (χ4v) is 1.82. The van der Waals surface area contributed by atoms with Crippen LogP contribution in [0.1, 0.15) is 51.2 Å². The van der Waals surface area contributed by atoms with Crippen molar-refractivity contribution >= 4 is 18.0 Å². The third-order valence-corrected chi connectivity index (χ3v) is 3.23. The van der Waals surface area contributed by atoms with E-state index in [1.165, 1.54) is 11.6 Å². The number of nitrogens with one attached hydrogen (secondary N) is 1. The molecule has 1 atom stereocenters. The van der Waals surface area contributed by atoms with Gasteiger partial charge in [0.25, 0.3) is 5.91 Å². The Morgan fingerprint density at radius 1 is 1.18 bits per heavy atom. The minimum absolute atomic E-state index is 0.273. The van der Waals surface area contributed by atoms with Crippen molar-refractivity contribution in [3.05, 3.63) is 41.5 Å². The summed E-state index contributed by atoms with van der Waals surface area (Å²) in [6.45, 7) is 8.37. The molecule has 0 bridgehead atoms. The fourth-order valence-electron chi connectivity index (χ4n) is 1.82. The number of carbonyl (C=O) groups excluding carboxylic acids is 2. The predicted octanol–water partition coefficient (Wildman–Crippen LogP) is 3.28. The quantitative estimate of drug-likeness (QED) is 0.621. The third-order valence-electron chi connectivity index (χ3n) is 3.23. The number of rotatable bonds is 7. The molecule has 0 aliphatic rings. The Kier molecular flexibility index (Phi) is 7.37. The molecule has 0 heterocycles. The number of carbonyl (C=O) groups is 2. The SMILES string of the molecule is CCCNC(=O)[C@H](C)OC(=O)/C=C/c1ccc(C(C)C)cc1. The lowest BCUT2D eigenvalue weighted by Crippen LogP contribution is -2.35. The summed E-state index contributed by atoms with van der Waals surface area (Å²) in [5.74, 6) is -0.317. The Hall–Kier alpha value is -2.10. The maximum Gasteiger partial charge on any atom is 0.331 e. The number of hydrogen-bond donors (Lipinski definition) is 1. The summed E-state index contributed by atoms with van der Waals surface area (Å²) in [5, 5.41) is 2.69. The Labute approximate surface area is 132 Å². The molecule has 1 rings (SSSR count). The van der Waals surface area contributed by atoms with Crippen LogP contribution in [0.3, 0.4) is 0 Å². The number of ether oxygens (including phenoxy) is 1. The normalized spacial score (nSPS) is 12.4. The van der Waals surface area contributed by atoms with Gasteiger partial charge in [0, 0.05) is 12.6 Å². The fraction of sp³-hybridized carbons (Fsp3) is 0.444. The van der Waals surface area contributed by atoms with Gasteiger partial charge < -0.3 is 10.1 Å². The summed E-state index contributed by atoms with van der Waals surface area (Å²) in [4.78, 5) is 23.3. The van der Waals surface area contributed by atoms with Gasteiger partial charge in [-0.2, -0.15) is 0 Å². The van der Waals surface area contributed by atoms with Crippen molar-refractivity contribution in [3.8, 4) is 0 Å². The predicted molar refractivity (Wildman–Crippen MR) is 88.4 cm³/mol. The van der Waals surface area contributed by atoms with Gasteiger partial charge in [0.05, 0.1) is 0 Å². The minimum Gasteiger partial charge on any atom is -0.449 e. The summed E-state index contributed by atoms with van der Waals surface area (Å²) in [6.07, 6.45) is 3.09. The molecule has 0 aliphatic heterocycles. The van der Waals surface area contributed by atoms with E-state index in [-0.39, 0.29) is 5.91 Å². The molecule has 0 radical (unpaired) electrons. The van der Waals surface area contributed by atoms with Crippen LogP contribution >= 0.6 is 0 Å². The maximum atomic E-state index is 11.7. The molecule has 1 aromatic carbocycles. The second-order valence-electron chi connectivity index (χ2n) is 5.52. The van der Waals surface area contributed by atoms with Crippen molar-refractivity contribution in [2.45, 2.75) is 46.1 Å². The summed E-state index contributed by atoms with van der Waals surface area (Å²) in [7, 11) is 0. The Morgan fingerprint density at radius 2 is 1.82 bits per heavy atom. The van der Waals surface area contributed by atoms with E-state index in [1.54, 1.807) is 13.0 Å². The van der Waals surface area contributed by atoms with Gasteiger partial charge in [-0.05, 0) is 36.5 Å². The molecule has 120 valence electrons. The van der Waals surface area contributed by atoms with E-state index in [1.807, 2.05) is 31.2 Å². The Bertz CT molecular complexity index is 518. The highest BCUT2D eigenvalue weighted by Crippen LogP contribution is 2.15. The summed E-state index contributed by atoms with van der Waals surface area (Å²) >= 11 is 0. The van der Waals surface area contributed by atoms with Gasteiger partial charge in [0.1, 0.15) is 0 Å². The lowest BCUT2D eigenvalue weighted by atomic mass is 10.0. The number of hydrogen-bond acceptors (Lipinski definition) is 3.